The average Bonchev–Trinajstić information content (AvgIpc) is 2.71. The highest BCUT2D eigenvalue weighted by molar-refractivity contribution is 8.00. The number of nitrogens with one attached hydrogen (secondary N) is 1. The van der Waals surface area contributed by atoms with Gasteiger partial charge in [-0.25, -0.2) is 4.79 Å². The molecule has 174 valence electrons. The van der Waals surface area contributed by atoms with Crippen molar-refractivity contribution in [3.05, 3.63) is 47.5 Å². The number of halogens is 6. The summed E-state index contributed by atoms with van der Waals surface area (Å²) in [5.74, 6) is -2.05. The van der Waals surface area contributed by atoms with Crippen molar-refractivity contribution in [2.24, 2.45) is 0 Å². The van der Waals surface area contributed by atoms with Crippen LogP contribution in [0, 0.1) is 0 Å². The third-order valence-electron chi connectivity index (χ3n) is 4.71. The summed E-state index contributed by atoms with van der Waals surface area (Å²) in [4.78, 5) is 12.9. The van der Waals surface area contributed by atoms with Gasteiger partial charge >= 0.3 is 18.5 Å². The molecule has 5 nitrogen and oxygen atoms in total. The number of carboxylic acid groups (broad SMARTS) is 1. The Morgan fingerprint density at radius 2 is 1.69 bits per heavy atom. The number of nitrogens with zero attached hydrogens (tertiary/aromatic N) is 1. The molecular weight excluding hydrogens is 462 g/mol. The summed E-state index contributed by atoms with van der Waals surface area (Å²) in [5, 5.41) is 9.13. The number of alkyl halides is 6. The lowest BCUT2D eigenvalue weighted by molar-refractivity contribution is -0.275. The van der Waals surface area contributed by atoms with Crippen LogP contribution in [0.5, 0.6) is 5.75 Å². The van der Waals surface area contributed by atoms with Gasteiger partial charge in [-0.3, -0.25) is 0 Å². The topological polar surface area (TPSA) is 61.8 Å². The highest BCUT2D eigenvalue weighted by Gasteiger charge is 2.33. The Morgan fingerprint density at radius 1 is 1.00 bits per heavy atom. The van der Waals surface area contributed by atoms with E-state index in [1.165, 1.54) is 6.07 Å². The smallest absolute Gasteiger partial charge is 0.478 e. The van der Waals surface area contributed by atoms with E-state index < -0.39 is 29.8 Å². The van der Waals surface area contributed by atoms with Crippen molar-refractivity contribution in [1.82, 2.24) is 0 Å². The molecule has 12 heteroatoms. The van der Waals surface area contributed by atoms with Crippen LogP contribution in [0.2, 0.25) is 0 Å². The van der Waals surface area contributed by atoms with Gasteiger partial charge in [0.15, 0.2) is 0 Å². The molecule has 1 saturated heterocycles. The number of benzene rings is 2. The monoisotopic (exact) mass is 480 g/mol. The Kier molecular flexibility index (Phi) is 7.01. The molecule has 1 fully saturated rings. The van der Waals surface area contributed by atoms with E-state index >= 15 is 0 Å². The van der Waals surface area contributed by atoms with Gasteiger partial charge in [0.05, 0.1) is 27.4 Å². The first kappa shape index (κ1) is 23.9. The molecular formula is C20H18F6N2O3S. The molecule has 0 spiro atoms. The molecule has 1 aliphatic heterocycles. The molecule has 2 N–H and O–H groups in total. The molecule has 1 heterocycles. The van der Waals surface area contributed by atoms with E-state index in [9.17, 15) is 31.1 Å². The average molecular weight is 480 g/mol. The molecule has 3 rings (SSSR count). The van der Waals surface area contributed by atoms with Gasteiger partial charge in [-0.15, -0.1) is 13.2 Å². The van der Waals surface area contributed by atoms with Gasteiger partial charge in [-0.1, -0.05) is 0 Å². The Bertz CT molecular complexity index is 975. The van der Waals surface area contributed by atoms with Gasteiger partial charge < -0.3 is 19.5 Å². The second-order valence-corrected chi connectivity index (χ2v) is 7.84. The van der Waals surface area contributed by atoms with Crippen molar-refractivity contribution in [1.29, 1.82) is 0 Å². The number of hydrogen-bond donors (Lipinski definition) is 2. The molecule has 0 atom stereocenters. The lowest BCUT2D eigenvalue weighted by atomic mass is 10.1. The van der Waals surface area contributed by atoms with Gasteiger partial charge in [-0.05, 0) is 67.6 Å². The standard InChI is InChI=1S/C20H18F6N2O3S/c21-19(22,23)13-5-6-15(28-8-2-1-3-9-28)14(11-13)27-32-17-10-12(18(29)30)4-7-16(17)31-20(24,25)26/h4-7,10-11,27H,1-3,8-9H2,(H,29,30). The fraction of sp³-hybridized carbons (Fsp3) is 0.350. The molecule has 0 aliphatic carbocycles. The normalized spacial score (nSPS) is 14.9. The minimum absolute atomic E-state index is 0.0467. The molecule has 0 amide bonds. The largest absolute Gasteiger partial charge is 0.573 e. The van der Waals surface area contributed by atoms with Gasteiger partial charge in [0.25, 0.3) is 0 Å². The van der Waals surface area contributed by atoms with Gasteiger partial charge in [0.2, 0.25) is 0 Å². The Balaban J connectivity index is 1.95. The zero-order chi connectivity index (χ0) is 23.5. The zero-order valence-corrected chi connectivity index (χ0v) is 17.2. The van der Waals surface area contributed by atoms with E-state index in [0.717, 1.165) is 49.6 Å². The van der Waals surface area contributed by atoms with Crippen LogP contribution in [-0.4, -0.2) is 30.5 Å². The highest BCUT2D eigenvalue weighted by Crippen LogP contribution is 2.40. The highest BCUT2D eigenvalue weighted by atomic mass is 32.2. The van der Waals surface area contributed by atoms with Crippen LogP contribution in [0.4, 0.5) is 37.7 Å². The van der Waals surface area contributed by atoms with Crippen LogP contribution < -0.4 is 14.4 Å². The predicted molar refractivity (Wildman–Crippen MR) is 107 cm³/mol. The number of carboxylic acids is 1. The Labute approximate surface area is 183 Å². The fourth-order valence-electron chi connectivity index (χ4n) is 3.24. The van der Waals surface area contributed by atoms with Crippen LogP contribution >= 0.6 is 11.9 Å². The lowest BCUT2D eigenvalue weighted by Crippen LogP contribution is -2.30. The molecule has 0 radical (unpaired) electrons. The number of piperidine rings is 1. The minimum atomic E-state index is -5.03. The molecule has 0 aromatic heterocycles. The van der Waals surface area contributed by atoms with Gasteiger partial charge in [-0.2, -0.15) is 13.2 Å². The zero-order valence-electron chi connectivity index (χ0n) is 16.4. The summed E-state index contributed by atoms with van der Waals surface area (Å²) in [5.41, 5.74) is -0.708. The quantitative estimate of drug-likeness (QED) is 0.368. The first-order valence-corrected chi connectivity index (χ1v) is 10.3. The van der Waals surface area contributed by atoms with E-state index in [-0.39, 0.29) is 16.1 Å². The molecule has 0 saturated carbocycles. The first-order chi connectivity index (χ1) is 14.9. The molecule has 2 aromatic rings. The van der Waals surface area contributed by atoms with E-state index in [1.54, 1.807) is 0 Å². The number of anilines is 2. The molecule has 0 bridgehead atoms. The lowest BCUT2D eigenvalue weighted by Gasteiger charge is -2.31. The second-order valence-electron chi connectivity index (χ2n) is 7.00. The van der Waals surface area contributed by atoms with Crippen molar-refractivity contribution in [3.8, 4) is 5.75 Å². The summed E-state index contributed by atoms with van der Waals surface area (Å²) in [7, 11) is 0. The van der Waals surface area contributed by atoms with E-state index in [1.807, 2.05) is 4.90 Å². The maximum Gasteiger partial charge on any atom is 0.573 e. The second kappa shape index (κ2) is 9.39. The summed E-state index contributed by atoms with van der Waals surface area (Å²) < 4.78 is 84.5. The first-order valence-electron chi connectivity index (χ1n) is 9.46. The van der Waals surface area contributed by atoms with Crippen LogP contribution in [-0.2, 0) is 6.18 Å². The Morgan fingerprint density at radius 3 is 2.28 bits per heavy atom. The van der Waals surface area contributed by atoms with Crippen molar-refractivity contribution in [2.75, 3.05) is 22.7 Å². The number of ether oxygens (including phenoxy) is 1. The summed E-state index contributed by atoms with van der Waals surface area (Å²) in [6.45, 7) is 1.25. The number of rotatable bonds is 6. The fourth-order valence-corrected chi connectivity index (χ4v) is 4.02. The number of hydrogen-bond acceptors (Lipinski definition) is 5. The molecule has 32 heavy (non-hydrogen) atoms. The van der Waals surface area contributed by atoms with Crippen molar-refractivity contribution < 1.29 is 41.0 Å². The van der Waals surface area contributed by atoms with E-state index in [0.29, 0.717) is 30.7 Å². The number of carbonyl (C=O) groups is 1. The molecule has 0 unspecified atom stereocenters. The summed E-state index contributed by atoms with van der Waals surface area (Å²) in [6, 6.07) is 5.88. The SMILES string of the molecule is O=C(O)c1ccc(OC(F)(F)F)c(SNc2cc(C(F)(F)F)ccc2N2CCCCC2)c1. The molecule has 1 aliphatic rings. The Hall–Kier alpha value is -2.76. The summed E-state index contributed by atoms with van der Waals surface area (Å²) >= 11 is 0.538. The third-order valence-corrected chi connectivity index (χ3v) is 5.57. The number of aromatic carboxylic acids is 1. The van der Waals surface area contributed by atoms with Crippen LogP contribution in [0.25, 0.3) is 0 Å². The van der Waals surface area contributed by atoms with E-state index in [2.05, 4.69) is 9.46 Å². The van der Waals surface area contributed by atoms with E-state index in [4.69, 9.17) is 5.11 Å². The summed E-state index contributed by atoms with van der Waals surface area (Å²) in [6.07, 6.45) is -6.94. The minimum Gasteiger partial charge on any atom is -0.478 e. The van der Waals surface area contributed by atoms with Gasteiger partial charge in [0, 0.05) is 13.1 Å². The maximum atomic E-state index is 13.2. The van der Waals surface area contributed by atoms with Crippen LogP contribution in [0.3, 0.4) is 0 Å². The van der Waals surface area contributed by atoms with Crippen molar-refractivity contribution >= 4 is 29.3 Å². The molecule has 2 aromatic carbocycles. The van der Waals surface area contributed by atoms with Crippen LogP contribution in [0.1, 0.15) is 35.2 Å². The maximum absolute atomic E-state index is 13.2. The van der Waals surface area contributed by atoms with Crippen LogP contribution in [0.15, 0.2) is 41.3 Å². The predicted octanol–water partition coefficient (Wildman–Crippen LogP) is 6.41. The van der Waals surface area contributed by atoms with Crippen molar-refractivity contribution in [3.63, 3.8) is 0 Å². The third kappa shape index (κ3) is 6.15. The van der Waals surface area contributed by atoms with Crippen molar-refractivity contribution in [2.45, 2.75) is 36.7 Å². The van der Waals surface area contributed by atoms with Gasteiger partial charge in [0.1, 0.15) is 5.75 Å².